The summed E-state index contributed by atoms with van der Waals surface area (Å²) in [5.74, 6) is 0. The molecular weight excluding hydrogens is 252 g/mol. The Hall–Kier alpha value is -0.160. The van der Waals surface area contributed by atoms with Gasteiger partial charge in [0.05, 0.1) is 13.2 Å². The maximum absolute atomic E-state index is 5.81. The van der Waals surface area contributed by atoms with Gasteiger partial charge in [-0.3, -0.25) is 0 Å². The lowest BCUT2D eigenvalue weighted by molar-refractivity contribution is -0.0290. The highest BCUT2D eigenvalue weighted by Crippen LogP contribution is 2.31. The molecule has 4 nitrogen and oxygen atoms in total. The van der Waals surface area contributed by atoms with Gasteiger partial charge in [0.15, 0.2) is 0 Å². The zero-order valence-electron chi connectivity index (χ0n) is 13.3. The van der Waals surface area contributed by atoms with E-state index in [-0.39, 0.29) is 0 Å². The van der Waals surface area contributed by atoms with E-state index >= 15 is 0 Å². The van der Waals surface area contributed by atoms with Crippen LogP contribution in [0, 0.1) is 5.41 Å². The molecule has 1 saturated carbocycles. The Morgan fingerprint density at radius 3 is 2.80 bits per heavy atom. The van der Waals surface area contributed by atoms with E-state index in [0.717, 1.165) is 58.6 Å². The second kappa shape index (κ2) is 8.32. The van der Waals surface area contributed by atoms with E-state index < -0.39 is 0 Å². The average molecular weight is 284 g/mol. The first-order valence-corrected chi connectivity index (χ1v) is 8.39. The van der Waals surface area contributed by atoms with Crippen LogP contribution < -0.4 is 5.32 Å². The van der Waals surface area contributed by atoms with E-state index in [1.165, 1.54) is 25.7 Å². The van der Waals surface area contributed by atoms with Gasteiger partial charge in [0.1, 0.15) is 0 Å². The zero-order chi connectivity index (χ0) is 14.3. The third-order valence-corrected chi connectivity index (χ3v) is 4.51. The van der Waals surface area contributed by atoms with Crippen molar-refractivity contribution in [2.75, 3.05) is 52.6 Å². The third-order valence-electron chi connectivity index (χ3n) is 4.51. The maximum atomic E-state index is 5.81. The fourth-order valence-electron chi connectivity index (χ4n) is 3.04. The zero-order valence-corrected chi connectivity index (χ0v) is 13.3. The van der Waals surface area contributed by atoms with Gasteiger partial charge in [-0.15, -0.1) is 0 Å². The molecule has 1 aliphatic carbocycles. The lowest BCUT2D eigenvalue weighted by Gasteiger charge is -2.41. The van der Waals surface area contributed by atoms with Gasteiger partial charge in [0.25, 0.3) is 0 Å². The van der Waals surface area contributed by atoms with Gasteiger partial charge in [-0.25, -0.2) is 0 Å². The van der Waals surface area contributed by atoms with E-state index in [2.05, 4.69) is 24.1 Å². The standard InChI is InChI=1S/C16H32N2O2/c1-3-18(9-11-19-4-2)13-16(8-5-10-20-14-16)12-17-15-6-7-15/h15,17H,3-14H2,1-2H3. The van der Waals surface area contributed by atoms with Crippen molar-refractivity contribution in [2.24, 2.45) is 5.41 Å². The van der Waals surface area contributed by atoms with Gasteiger partial charge < -0.3 is 19.7 Å². The number of nitrogens with one attached hydrogen (secondary N) is 1. The lowest BCUT2D eigenvalue weighted by atomic mass is 9.81. The Kier molecular flexibility index (Phi) is 6.75. The van der Waals surface area contributed by atoms with Crippen LogP contribution in [0.4, 0.5) is 0 Å². The Balaban J connectivity index is 1.83. The molecular formula is C16H32N2O2. The van der Waals surface area contributed by atoms with Crippen molar-refractivity contribution < 1.29 is 9.47 Å². The fraction of sp³-hybridized carbons (Fsp3) is 1.00. The van der Waals surface area contributed by atoms with Crippen LogP contribution >= 0.6 is 0 Å². The quantitative estimate of drug-likeness (QED) is 0.621. The molecule has 1 atom stereocenters. The van der Waals surface area contributed by atoms with Crippen molar-refractivity contribution in [1.29, 1.82) is 0 Å². The van der Waals surface area contributed by atoms with Gasteiger partial charge in [0.2, 0.25) is 0 Å². The SMILES string of the molecule is CCOCCN(CC)CC1(CNC2CC2)CCCOC1. The summed E-state index contributed by atoms with van der Waals surface area (Å²) in [7, 11) is 0. The van der Waals surface area contributed by atoms with Crippen molar-refractivity contribution in [3.05, 3.63) is 0 Å². The number of hydrogen-bond donors (Lipinski definition) is 1. The van der Waals surface area contributed by atoms with E-state index in [9.17, 15) is 0 Å². The molecule has 2 rings (SSSR count). The second-order valence-corrected chi connectivity index (χ2v) is 6.38. The van der Waals surface area contributed by atoms with Crippen molar-refractivity contribution >= 4 is 0 Å². The largest absolute Gasteiger partial charge is 0.381 e. The summed E-state index contributed by atoms with van der Waals surface area (Å²) in [6.45, 7) is 12.2. The van der Waals surface area contributed by atoms with Crippen LogP contribution in [0.3, 0.4) is 0 Å². The summed E-state index contributed by atoms with van der Waals surface area (Å²) >= 11 is 0. The van der Waals surface area contributed by atoms with Gasteiger partial charge in [0, 0.05) is 44.3 Å². The lowest BCUT2D eigenvalue weighted by Crippen LogP contribution is -2.50. The van der Waals surface area contributed by atoms with E-state index in [1.54, 1.807) is 0 Å². The topological polar surface area (TPSA) is 33.7 Å². The monoisotopic (exact) mass is 284 g/mol. The minimum Gasteiger partial charge on any atom is -0.381 e. The molecule has 1 saturated heterocycles. The third kappa shape index (κ3) is 5.32. The van der Waals surface area contributed by atoms with Crippen LogP contribution in [-0.2, 0) is 9.47 Å². The molecule has 2 aliphatic rings. The fourth-order valence-corrected chi connectivity index (χ4v) is 3.04. The molecule has 0 aromatic rings. The molecule has 0 bridgehead atoms. The van der Waals surface area contributed by atoms with Crippen LogP contribution in [-0.4, -0.2) is 63.5 Å². The number of likely N-dealkylation sites (N-methyl/N-ethyl adjacent to an activating group) is 1. The van der Waals surface area contributed by atoms with Crippen LogP contribution in [0.15, 0.2) is 0 Å². The maximum Gasteiger partial charge on any atom is 0.0593 e. The molecule has 1 heterocycles. The molecule has 118 valence electrons. The Morgan fingerprint density at radius 2 is 2.20 bits per heavy atom. The number of hydrogen-bond acceptors (Lipinski definition) is 4. The average Bonchev–Trinajstić information content (AvgIpc) is 3.30. The van der Waals surface area contributed by atoms with Crippen LogP contribution in [0.25, 0.3) is 0 Å². The molecule has 4 heteroatoms. The highest BCUT2D eigenvalue weighted by Gasteiger charge is 2.36. The van der Waals surface area contributed by atoms with Crippen LogP contribution in [0.1, 0.15) is 39.5 Å². The van der Waals surface area contributed by atoms with E-state index in [4.69, 9.17) is 9.47 Å². The first-order chi connectivity index (χ1) is 9.78. The van der Waals surface area contributed by atoms with Crippen LogP contribution in [0.2, 0.25) is 0 Å². The van der Waals surface area contributed by atoms with Crippen molar-refractivity contribution in [3.63, 3.8) is 0 Å². The van der Waals surface area contributed by atoms with Gasteiger partial charge in [-0.1, -0.05) is 6.92 Å². The number of nitrogens with zero attached hydrogens (tertiary/aromatic N) is 1. The summed E-state index contributed by atoms with van der Waals surface area (Å²) in [6, 6.07) is 0.785. The first-order valence-electron chi connectivity index (χ1n) is 8.39. The summed E-state index contributed by atoms with van der Waals surface area (Å²) in [4.78, 5) is 2.53. The Morgan fingerprint density at radius 1 is 1.35 bits per heavy atom. The summed E-state index contributed by atoms with van der Waals surface area (Å²) < 4.78 is 11.3. The van der Waals surface area contributed by atoms with Crippen LogP contribution in [0.5, 0.6) is 0 Å². The highest BCUT2D eigenvalue weighted by atomic mass is 16.5. The Bertz CT molecular complexity index is 263. The Labute approximate surface area is 124 Å². The summed E-state index contributed by atoms with van der Waals surface area (Å²) in [5, 5.41) is 3.73. The smallest absolute Gasteiger partial charge is 0.0593 e. The van der Waals surface area contributed by atoms with Gasteiger partial charge in [-0.2, -0.15) is 0 Å². The second-order valence-electron chi connectivity index (χ2n) is 6.38. The molecule has 0 amide bonds. The molecule has 0 radical (unpaired) electrons. The first kappa shape index (κ1) is 16.2. The predicted octanol–water partition coefficient (Wildman–Crippen LogP) is 1.89. The molecule has 0 aromatic carbocycles. The highest BCUT2D eigenvalue weighted by molar-refractivity contribution is 4.91. The van der Waals surface area contributed by atoms with Gasteiger partial charge >= 0.3 is 0 Å². The van der Waals surface area contributed by atoms with E-state index in [0.29, 0.717) is 5.41 Å². The minimum absolute atomic E-state index is 0.309. The minimum atomic E-state index is 0.309. The molecule has 1 aliphatic heterocycles. The van der Waals surface area contributed by atoms with Crippen molar-refractivity contribution in [2.45, 2.75) is 45.6 Å². The van der Waals surface area contributed by atoms with E-state index in [1.807, 2.05) is 0 Å². The molecule has 20 heavy (non-hydrogen) atoms. The molecule has 1 unspecified atom stereocenters. The van der Waals surface area contributed by atoms with Crippen molar-refractivity contribution in [3.8, 4) is 0 Å². The summed E-state index contributed by atoms with van der Waals surface area (Å²) in [5.41, 5.74) is 0.309. The summed E-state index contributed by atoms with van der Waals surface area (Å²) in [6.07, 6.45) is 5.21. The molecule has 2 fully saturated rings. The van der Waals surface area contributed by atoms with Crippen molar-refractivity contribution in [1.82, 2.24) is 10.2 Å². The molecule has 1 N–H and O–H groups in total. The predicted molar refractivity (Wildman–Crippen MR) is 82.1 cm³/mol. The van der Waals surface area contributed by atoms with Gasteiger partial charge in [-0.05, 0) is 39.2 Å². The number of rotatable bonds is 10. The molecule has 0 aromatic heterocycles. The normalized spacial score (nSPS) is 27.1. The molecule has 0 spiro atoms. The number of ether oxygens (including phenoxy) is 2.